The van der Waals surface area contributed by atoms with E-state index in [9.17, 15) is 4.79 Å². The molecule has 1 amide bonds. The van der Waals surface area contributed by atoms with E-state index in [1.807, 2.05) is 36.5 Å². The Morgan fingerprint density at radius 1 is 1.37 bits per heavy atom. The van der Waals surface area contributed by atoms with Gasteiger partial charge in [0, 0.05) is 24.6 Å². The van der Waals surface area contributed by atoms with E-state index in [2.05, 4.69) is 15.6 Å². The fourth-order valence-corrected chi connectivity index (χ4v) is 1.90. The van der Waals surface area contributed by atoms with Gasteiger partial charge in [-0.2, -0.15) is 0 Å². The minimum Gasteiger partial charge on any atom is -0.482 e. The first-order valence-corrected chi connectivity index (χ1v) is 6.01. The van der Waals surface area contributed by atoms with Gasteiger partial charge in [-0.3, -0.25) is 9.78 Å². The highest BCUT2D eigenvalue weighted by Gasteiger charge is 2.15. The van der Waals surface area contributed by atoms with Crippen LogP contribution in [0.2, 0.25) is 0 Å². The Labute approximate surface area is 110 Å². The molecule has 0 bridgehead atoms. The van der Waals surface area contributed by atoms with Crippen molar-refractivity contribution in [2.75, 3.05) is 17.2 Å². The third-order valence-electron chi connectivity index (χ3n) is 2.83. The van der Waals surface area contributed by atoms with Gasteiger partial charge in [0.25, 0.3) is 5.91 Å². The van der Waals surface area contributed by atoms with E-state index < -0.39 is 0 Å². The summed E-state index contributed by atoms with van der Waals surface area (Å²) < 4.78 is 5.30. The van der Waals surface area contributed by atoms with Crippen LogP contribution in [0.3, 0.4) is 0 Å². The zero-order valence-electron chi connectivity index (χ0n) is 10.2. The standard InChI is InChI=1S/C14H13N3O2/c18-14-9-19-13-4-3-11(6-12(13)17-14)16-8-10-2-1-5-15-7-10/h1-7,16H,8-9H2,(H,17,18). The van der Waals surface area contributed by atoms with Gasteiger partial charge in [-0.15, -0.1) is 0 Å². The third kappa shape index (κ3) is 2.65. The SMILES string of the molecule is O=C1COc2ccc(NCc3cccnc3)cc2N1. The summed E-state index contributed by atoms with van der Waals surface area (Å²) in [5.74, 6) is 0.573. The summed E-state index contributed by atoms with van der Waals surface area (Å²) in [7, 11) is 0. The summed E-state index contributed by atoms with van der Waals surface area (Å²) in [6.45, 7) is 0.761. The van der Waals surface area contributed by atoms with Crippen molar-refractivity contribution in [1.82, 2.24) is 4.98 Å². The Bertz CT molecular complexity index is 599. The lowest BCUT2D eigenvalue weighted by molar-refractivity contribution is -0.118. The van der Waals surface area contributed by atoms with Crippen LogP contribution in [0.4, 0.5) is 11.4 Å². The second kappa shape index (κ2) is 4.97. The lowest BCUT2D eigenvalue weighted by Crippen LogP contribution is -2.25. The van der Waals surface area contributed by atoms with E-state index in [1.165, 1.54) is 0 Å². The highest BCUT2D eigenvalue weighted by Crippen LogP contribution is 2.30. The number of hydrogen-bond donors (Lipinski definition) is 2. The van der Waals surface area contributed by atoms with Crippen molar-refractivity contribution in [1.29, 1.82) is 0 Å². The number of pyridine rings is 1. The van der Waals surface area contributed by atoms with Crippen LogP contribution in [0, 0.1) is 0 Å². The van der Waals surface area contributed by atoms with E-state index in [0.29, 0.717) is 18.0 Å². The number of anilines is 2. The predicted molar refractivity (Wildman–Crippen MR) is 72.1 cm³/mol. The monoisotopic (exact) mass is 255 g/mol. The summed E-state index contributed by atoms with van der Waals surface area (Å²) >= 11 is 0. The van der Waals surface area contributed by atoms with E-state index >= 15 is 0 Å². The molecule has 2 N–H and O–H groups in total. The first kappa shape index (κ1) is 11.5. The topological polar surface area (TPSA) is 63.2 Å². The quantitative estimate of drug-likeness (QED) is 0.880. The number of carbonyl (C=O) groups excluding carboxylic acids is 1. The maximum Gasteiger partial charge on any atom is 0.262 e. The van der Waals surface area contributed by atoms with Crippen LogP contribution in [-0.2, 0) is 11.3 Å². The number of amides is 1. The molecule has 0 unspecified atom stereocenters. The molecule has 0 aliphatic carbocycles. The van der Waals surface area contributed by atoms with Crippen molar-refractivity contribution in [3.8, 4) is 5.75 Å². The summed E-state index contributed by atoms with van der Waals surface area (Å²) in [5, 5.41) is 6.06. The molecule has 5 heteroatoms. The van der Waals surface area contributed by atoms with Crippen LogP contribution in [0.5, 0.6) is 5.75 Å². The first-order chi connectivity index (χ1) is 9.31. The van der Waals surface area contributed by atoms with Crippen LogP contribution >= 0.6 is 0 Å². The first-order valence-electron chi connectivity index (χ1n) is 6.01. The Morgan fingerprint density at radius 3 is 3.16 bits per heavy atom. The summed E-state index contributed by atoms with van der Waals surface area (Å²) in [6, 6.07) is 9.54. The molecule has 1 aliphatic heterocycles. The number of hydrogen-bond acceptors (Lipinski definition) is 4. The molecule has 1 aromatic heterocycles. The summed E-state index contributed by atoms with van der Waals surface area (Å²) in [5.41, 5.74) is 2.72. The van der Waals surface area contributed by atoms with Crippen molar-refractivity contribution in [3.63, 3.8) is 0 Å². The maximum absolute atomic E-state index is 11.3. The summed E-state index contributed by atoms with van der Waals surface area (Å²) in [4.78, 5) is 15.3. The molecule has 0 radical (unpaired) electrons. The molecule has 1 aliphatic rings. The van der Waals surface area contributed by atoms with E-state index in [4.69, 9.17) is 4.74 Å². The molecule has 0 saturated carbocycles. The molecule has 0 spiro atoms. The lowest BCUT2D eigenvalue weighted by atomic mass is 10.2. The van der Waals surface area contributed by atoms with Gasteiger partial charge in [-0.05, 0) is 29.8 Å². The maximum atomic E-state index is 11.3. The molecule has 0 saturated heterocycles. The van der Waals surface area contributed by atoms with Crippen LogP contribution in [-0.4, -0.2) is 17.5 Å². The molecular formula is C14H13N3O2. The average Bonchev–Trinajstić information content (AvgIpc) is 2.46. The van der Waals surface area contributed by atoms with E-state index in [0.717, 1.165) is 11.3 Å². The number of aromatic nitrogens is 1. The fourth-order valence-electron chi connectivity index (χ4n) is 1.90. The Morgan fingerprint density at radius 2 is 2.32 bits per heavy atom. The number of nitrogens with zero attached hydrogens (tertiary/aromatic N) is 1. The number of nitrogens with one attached hydrogen (secondary N) is 2. The minimum absolute atomic E-state index is 0.0788. The second-order valence-corrected chi connectivity index (χ2v) is 4.26. The number of ether oxygens (including phenoxy) is 1. The molecule has 0 atom stereocenters. The lowest BCUT2D eigenvalue weighted by Gasteiger charge is -2.18. The van der Waals surface area contributed by atoms with E-state index in [1.54, 1.807) is 6.20 Å². The van der Waals surface area contributed by atoms with Crippen LogP contribution in [0.25, 0.3) is 0 Å². The van der Waals surface area contributed by atoms with Gasteiger partial charge in [-0.1, -0.05) is 6.07 Å². The van der Waals surface area contributed by atoms with Crippen molar-refractivity contribution >= 4 is 17.3 Å². The van der Waals surface area contributed by atoms with Gasteiger partial charge < -0.3 is 15.4 Å². The normalized spacial score (nSPS) is 13.2. The van der Waals surface area contributed by atoms with Crippen molar-refractivity contribution < 1.29 is 9.53 Å². The van der Waals surface area contributed by atoms with Gasteiger partial charge in [-0.25, -0.2) is 0 Å². The fraction of sp³-hybridized carbons (Fsp3) is 0.143. The zero-order valence-corrected chi connectivity index (χ0v) is 10.2. The van der Waals surface area contributed by atoms with Crippen LogP contribution in [0.1, 0.15) is 5.56 Å². The number of fused-ring (bicyclic) bond motifs is 1. The van der Waals surface area contributed by atoms with Crippen molar-refractivity contribution in [2.45, 2.75) is 6.54 Å². The number of benzene rings is 1. The zero-order chi connectivity index (χ0) is 13.1. The van der Waals surface area contributed by atoms with Gasteiger partial charge in [0.1, 0.15) is 5.75 Å². The minimum atomic E-state index is -0.128. The highest BCUT2D eigenvalue weighted by molar-refractivity contribution is 5.96. The second-order valence-electron chi connectivity index (χ2n) is 4.26. The van der Waals surface area contributed by atoms with Crippen LogP contribution < -0.4 is 15.4 Å². The molecule has 3 rings (SSSR count). The van der Waals surface area contributed by atoms with Gasteiger partial charge in [0.15, 0.2) is 6.61 Å². The van der Waals surface area contributed by atoms with Crippen molar-refractivity contribution in [3.05, 3.63) is 48.3 Å². The molecule has 5 nitrogen and oxygen atoms in total. The summed E-state index contributed by atoms with van der Waals surface area (Å²) in [6.07, 6.45) is 3.56. The largest absolute Gasteiger partial charge is 0.482 e. The average molecular weight is 255 g/mol. The molecule has 2 aromatic rings. The molecule has 1 aromatic carbocycles. The van der Waals surface area contributed by atoms with Crippen LogP contribution in [0.15, 0.2) is 42.7 Å². The third-order valence-corrected chi connectivity index (χ3v) is 2.83. The molecule has 0 fully saturated rings. The molecule has 19 heavy (non-hydrogen) atoms. The molecular weight excluding hydrogens is 242 g/mol. The van der Waals surface area contributed by atoms with Gasteiger partial charge >= 0.3 is 0 Å². The Hall–Kier alpha value is -2.56. The number of carbonyl (C=O) groups is 1. The molecule has 96 valence electrons. The van der Waals surface area contributed by atoms with Gasteiger partial charge in [0.2, 0.25) is 0 Å². The smallest absolute Gasteiger partial charge is 0.262 e. The van der Waals surface area contributed by atoms with Gasteiger partial charge in [0.05, 0.1) is 5.69 Å². The predicted octanol–water partition coefficient (Wildman–Crippen LogP) is 2.02. The molecule has 2 heterocycles. The highest BCUT2D eigenvalue weighted by atomic mass is 16.5. The Balaban J connectivity index is 1.72. The van der Waals surface area contributed by atoms with E-state index in [-0.39, 0.29) is 12.5 Å². The van der Waals surface area contributed by atoms with Crippen molar-refractivity contribution in [2.24, 2.45) is 0 Å². The number of rotatable bonds is 3. The Kier molecular flexibility index (Phi) is 3.02.